The van der Waals surface area contributed by atoms with E-state index in [4.69, 9.17) is 9.84 Å². The number of carboxylic acid groups (broad SMARTS) is 1. The van der Waals surface area contributed by atoms with Crippen LogP contribution in [0.2, 0.25) is 0 Å². The summed E-state index contributed by atoms with van der Waals surface area (Å²) in [6.07, 6.45) is 0. The van der Waals surface area contributed by atoms with E-state index in [0.29, 0.717) is 0 Å². The first-order chi connectivity index (χ1) is 8.49. The molecule has 0 radical (unpaired) electrons. The molecule has 0 aliphatic carbocycles. The topological polar surface area (TPSA) is 93.5 Å². The fourth-order valence-corrected chi connectivity index (χ4v) is 1.45. The first kappa shape index (κ1) is 14.2. The Hall–Kier alpha value is -1.89. The zero-order valence-electron chi connectivity index (χ0n) is 10.5. The van der Waals surface area contributed by atoms with Crippen molar-refractivity contribution in [2.24, 2.45) is 0 Å². The number of carbonyl (C=O) groups excluding carboxylic acids is 1. The predicted octanol–water partition coefficient (Wildman–Crippen LogP) is -0.283. The Balaban J connectivity index is 2.22. The maximum Gasteiger partial charge on any atom is 0.329 e. The van der Waals surface area contributed by atoms with Crippen LogP contribution >= 0.6 is 0 Å². The number of amides is 1. The van der Waals surface area contributed by atoms with Crippen molar-refractivity contribution in [3.8, 4) is 0 Å². The van der Waals surface area contributed by atoms with Gasteiger partial charge in [0, 0.05) is 12.2 Å². The van der Waals surface area contributed by atoms with E-state index < -0.39 is 5.97 Å². The van der Waals surface area contributed by atoms with E-state index >= 15 is 0 Å². The van der Waals surface area contributed by atoms with Crippen molar-refractivity contribution in [3.63, 3.8) is 0 Å². The standard InChI is InChI=1S/C11H17N3O4/c1-8-5-9(2)14(13-8)6-10(15)12-3-4-18-7-11(16)17/h5H,3-4,6-7H2,1-2H3,(H,12,15)(H,16,17). The third-order valence-corrected chi connectivity index (χ3v) is 2.19. The van der Waals surface area contributed by atoms with Crippen LogP contribution in [0.4, 0.5) is 0 Å². The summed E-state index contributed by atoms with van der Waals surface area (Å²) in [6, 6.07) is 1.89. The van der Waals surface area contributed by atoms with Crippen molar-refractivity contribution in [1.82, 2.24) is 15.1 Å². The normalized spacial score (nSPS) is 10.3. The largest absolute Gasteiger partial charge is 0.480 e. The molecule has 7 heteroatoms. The second-order valence-electron chi connectivity index (χ2n) is 3.88. The van der Waals surface area contributed by atoms with Crippen LogP contribution in [-0.4, -0.2) is 46.5 Å². The van der Waals surface area contributed by atoms with E-state index in [1.165, 1.54) is 0 Å². The van der Waals surface area contributed by atoms with Crippen LogP contribution in [0, 0.1) is 13.8 Å². The van der Waals surface area contributed by atoms with Gasteiger partial charge in [0.2, 0.25) is 5.91 Å². The van der Waals surface area contributed by atoms with E-state index in [9.17, 15) is 9.59 Å². The number of rotatable bonds is 7. The summed E-state index contributed by atoms with van der Waals surface area (Å²) in [6.45, 7) is 4.00. The molecular weight excluding hydrogens is 238 g/mol. The molecule has 0 unspecified atom stereocenters. The van der Waals surface area contributed by atoms with Crippen LogP contribution in [0.15, 0.2) is 6.07 Å². The Morgan fingerprint density at radius 1 is 1.50 bits per heavy atom. The number of aryl methyl sites for hydroxylation is 2. The quantitative estimate of drug-likeness (QED) is 0.653. The van der Waals surface area contributed by atoms with Gasteiger partial charge >= 0.3 is 5.97 Å². The summed E-state index contributed by atoms with van der Waals surface area (Å²) in [4.78, 5) is 21.7. The zero-order valence-corrected chi connectivity index (χ0v) is 10.5. The Morgan fingerprint density at radius 2 is 2.22 bits per heavy atom. The molecular formula is C11H17N3O4. The first-order valence-corrected chi connectivity index (χ1v) is 5.56. The van der Waals surface area contributed by atoms with Gasteiger partial charge in [-0.05, 0) is 19.9 Å². The SMILES string of the molecule is Cc1cc(C)n(CC(=O)NCCOCC(=O)O)n1. The fourth-order valence-electron chi connectivity index (χ4n) is 1.45. The second-order valence-corrected chi connectivity index (χ2v) is 3.88. The molecule has 1 aromatic heterocycles. The maximum atomic E-state index is 11.5. The molecule has 0 spiro atoms. The first-order valence-electron chi connectivity index (χ1n) is 5.56. The fraction of sp³-hybridized carbons (Fsp3) is 0.545. The molecule has 0 aliphatic heterocycles. The summed E-state index contributed by atoms with van der Waals surface area (Å²) in [7, 11) is 0. The van der Waals surface area contributed by atoms with Crippen LogP contribution in [0.3, 0.4) is 0 Å². The number of carbonyl (C=O) groups is 2. The van der Waals surface area contributed by atoms with Gasteiger partial charge in [-0.15, -0.1) is 0 Å². The number of ether oxygens (including phenoxy) is 1. The minimum absolute atomic E-state index is 0.151. The average Bonchev–Trinajstić information content (AvgIpc) is 2.56. The minimum Gasteiger partial charge on any atom is -0.480 e. The molecule has 1 aromatic rings. The Labute approximate surface area is 105 Å². The summed E-state index contributed by atoms with van der Waals surface area (Å²) >= 11 is 0. The number of aliphatic carboxylic acids is 1. The molecule has 0 aromatic carbocycles. The Kier molecular flexibility index (Phi) is 5.31. The van der Waals surface area contributed by atoms with Crippen molar-refractivity contribution in [2.75, 3.05) is 19.8 Å². The molecule has 0 bridgehead atoms. The van der Waals surface area contributed by atoms with Crippen molar-refractivity contribution < 1.29 is 19.4 Å². The number of nitrogens with one attached hydrogen (secondary N) is 1. The van der Waals surface area contributed by atoms with Gasteiger partial charge in [-0.25, -0.2) is 4.79 Å². The highest BCUT2D eigenvalue weighted by atomic mass is 16.5. The van der Waals surface area contributed by atoms with Gasteiger partial charge in [0.15, 0.2) is 0 Å². The number of aromatic nitrogens is 2. The highest BCUT2D eigenvalue weighted by molar-refractivity contribution is 5.75. The molecule has 0 fully saturated rings. The van der Waals surface area contributed by atoms with E-state index in [1.807, 2.05) is 19.9 Å². The number of carboxylic acids is 1. The molecule has 0 atom stereocenters. The van der Waals surface area contributed by atoms with Crippen molar-refractivity contribution in [3.05, 3.63) is 17.5 Å². The molecule has 0 saturated carbocycles. The molecule has 1 amide bonds. The molecule has 18 heavy (non-hydrogen) atoms. The molecule has 7 nitrogen and oxygen atoms in total. The van der Waals surface area contributed by atoms with Crippen LogP contribution in [-0.2, 0) is 20.9 Å². The highest BCUT2D eigenvalue weighted by Gasteiger charge is 2.06. The molecule has 1 heterocycles. The average molecular weight is 255 g/mol. The van der Waals surface area contributed by atoms with Crippen molar-refractivity contribution in [1.29, 1.82) is 0 Å². The summed E-state index contributed by atoms with van der Waals surface area (Å²) < 4.78 is 6.40. The van der Waals surface area contributed by atoms with E-state index in [-0.39, 0.29) is 32.2 Å². The molecule has 0 aliphatic rings. The van der Waals surface area contributed by atoms with Gasteiger partial charge in [0.25, 0.3) is 0 Å². The van der Waals surface area contributed by atoms with Crippen molar-refractivity contribution in [2.45, 2.75) is 20.4 Å². The minimum atomic E-state index is -1.02. The molecule has 0 saturated heterocycles. The smallest absolute Gasteiger partial charge is 0.329 e. The van der Waals surface area contributed by atoms with E-state index in [2.05, 4.69) is 10.4 Å². The summed E-state index contributed by atoms with van der Waals surface area (Å²) in [5.74, 6) is -1.20. The molecule has 1 rings (SSSR count). The highest BCUT2D eigenvalue weighted by Crippen LogP contribution is 2.00. The second kappa shape index (κ2) is 6.75. The van der Waals surface area contributed by atoms with Gasteiger partial charge in [0.05, 0.1) is 12.3 Å². The number of nitrogens with zero attached hydrogens (tertiary/aromatic N) is 2. The van der Waals surface area contributed by atoms with Crippen molar-refractivity contribution >= 4 is 11.9 Å². The lowest BCUT2D eigenvalue weighted by molar-refractivity contribution is -0.142. The lowest BCUT2D eigenvalue weighted by Crippen LogP contribution is -2.31. The number of hydrogen-bond acceptors (Lipinski definition) is 4. The van der Waals surface area contributed by atoms with Gasteiger partial charge in [0.1, 0.15) is 13.2 Å². The molecule has 2 N–H and O–H groups in total. The zero-order chi connectivity index (χ0) is 13.5. The predicted molar refractivity (Wildman–Crippen MR) is 63.2 cm³/mol. The van der Waals surface area contributed by atoms with Gasteiger partial charge in [-0.3, -0.25) is 9.48 Å². The van der Waals surface area contributed by atoms with Gasteiger partial charge in [-0.2, -0.15) is 5.10 Å². The maximum absolute atomic E-state index is 11.5. The van der Waals surface area contributed by atoms with E-state index in [1.54, 1.807) is 4.68 Å². The summed E-state index contributed by atoms with van der Waals surface area (Å²) in [5, 5.41) is 15.1. The Bertz CT molecular complexity index is 428. The Morgan fingerprint density at radius 3 is 2.78 bits per heavy atom. The lowest BCUT2D eigenvalue weighted by atomic mass is 10.4. The van der Waals surface area contributed by atoms with Gasteiger partial charge in [-0.1, -0.05) is 0 Å². The monoisotopic (exact) mass is 255 g/mol. The third-order valence-electron chi connectivity index (χ3n) is 2.19. The van der Waals surface area contributed by atoms with Crippen LogP contribution in [0.5, 0.6) is 0 Å². The van der Waals surface area contributed by atoms with Crippen LogP contribution in [0.25, 0.3) is 0 Å². The van der Waals surface area contributed by atoms with Crippen LogP contribution < -0.4 is 5.32 Å². The van der Waals surface area contributed by atoms with Gasteiger partial charge < -0.3 is 15.2 Å². The van der Waals surface area contributed by atoms with E-state index in [0.717, 1.165) is 11.4 Å². The van der Waals surface area contributed by atoms with Crippen LogP contribution in [0.1, 0.15) is 11.4 Å². The number of hydrogen-bond donors (Lipinski definition) is 2. The third kappa shape index (κ3) is 4.96. The summed E-state index contributed by atoms with van der Waals surface area (Å²) in [5.41, 5.74) is 1.79. The molecule has 100 valence electrons. The lowest BCUT2D eigenvalue weighted by Gasteiger charge is -2.06.